The maximum absolute atomic E-state index is 13.0. The molecule has 3 aliphatic rings. The highest BCUT2D eigenvalue weighted by Crippen LogP contribution is 2.47. The van der Waals surface area contributed by atoms with Crippen LogP contribution >= 0.6 is 0 Å². The number of allylic oxidation sites excluding steroid dienone is 2. The van der Waals surface area contributed by atoms with Gasteiger partial charge in [-0.15, -0.1) is 0 Å². The fraction of sp³-hybridized carbons (Fsp3) is 0.412. The van der Waals surface area contributed by atoms with Crippen LogP contribution < -0.4 is 5.43 Å². The second kappa shape index (κ2) is 5.82. The molecule has 4 rings (SSSR count). The molecule has 0 saturated carbocycles. The van der Waals surface area contributed by atoms with Crippen LogP contribution in [0.2, 0.25) is 0 Å². The van der Waals surface area contributed by atoms with Crippen molar-refractivity contribution in [2.45, 2.75) is 30.9 Å². The molecule has 6 nitrogen and oxygen atoms in total. The Morgan fingerprint density at radius 3 is 2.71 bits per heavy atom. The van der Waals surface area contributed by atoms with E-state index in [9.17, 15) is 14.3 Å². The number of benzene rings is 1. The fourth-order valence-corrected chi connectivity index (χ4v) is 5.56. The van der Waals surface area contributed by atoms with Crippen LogP contribution in [0.5, 0.6) is 0 Å². The average molecular weight is 345 g/mol. The summed E-state index contributed by atoms with van der Waals surface area (Å²) in [7, 11) is 0.971. The second-order valence-corrected chi connectivity index (χ2v) is 8.16. The van der Waals surface area contributed by atoms with Crippen LogP contribution in [0.15, 0.2) is 46.0 Å². The van der Waals surface area contributed by atoms with Gasteiger partial charge in [0.1, 0.15) is 0 Å². The van der Waals surface area contributed by atoms with Crippen LogP contribution in [0.4, 0.5) is 5.69 Å². The summed E-state index contributed by atoms with van der Waals surface area (Å²) in [5.74, 6) is 0. The monoisotopic (exact) mass is 345 g/mol. The standard InChI is InChI=1S/C17H19N3O3S/c1-19-9-8-12-4-7-15-14(17(12)18-19)10-16(24(15)23)11-2-5-13(6-3-11)20(21)22/h2-3,5-6,16,18H,4,7-10H2,1H3. The molecule has 0 saturated heterocycles. The Balaban J connectivity index is 1.64. The van der Waals surface area contributed by atoms with E-state index in [2.05, 4.69) is 10.4 Å². The summed E-state index contributed by atoms with van der Waals surface area (Å²) < 4.78 is 13.0. The van der Waals surface area contributed by atoms with Crippen LogP contribution in [-0.2, 0) is 10.8 Å². The minimum Gasteiger partial charge on any atom is -0.319 e. The minimum absolute atomic E-state index is 0.0702. The predicted octanol–water partition coefficient (Wildman–Crippen LogP) is 2.93. The third-order valence-electron chi connectivity index (χ3n) is 5.06. The van der Waals surface area contributed by atoms with Gasteiger partial charge in [-0.05, 0) is 42.4 Å². The maximum atomic E-state index is 13.0. The lowest BCUT2D eigenvalue weighted by Crippen LogP contribution is -2.40. The van der Waals surface area contributed by atoms with E-state index in [0.29, 0.717) is 0 Å². The van der Waals surface area contributed by atoms with Crippen LogP contribution in [-0.4, -0.2) is 27.7 Å². The van der Waals surface area contributed by atoms with Crippen molar-refractivity contribution in [2.24, 2.45) is 0 Å². The average Bonchev–Trinajstić information content (AvgIpc) is 2.92. The van der Waals surface area contributed by atoms with Gasteiger partial charge in [0.25, 0.3) is 5.69 Å². The molecule has 1 aromatic carbocycles. The summed E-state index contributed by atoms with van der Waals surface area (Å²) >= 11 is 0. The lowest BCUT2D eigenvalue weighted by atomic mass is 9.89. The summed E-state index contributed by atoms with van der Waals surface area (Å²) in [6.45, 7) is 0.996. The molecule has 1 N–H and O–H groups in total. The molecule has 24 heavy (non-hydrogen) atoms. The summed E-state index contributed by atoms with van der Waals surface area (Å²) in [5, 5.41) is 12.8. The Hall–Kier alpha value is -1.99. The Morgan fingerprint density at radius 1 is 1.25 bits per heavy atom. The number of non-ortho nitro benzene ring substituents is 1. The molecular formula is C17H19N3O3S. The van der Waals surface area contributed by atoms with Gasteiger partial charge in [0.15, 0.2) is 0 Å². The number of hydrogen-bond acceptors (Lipinski definition) is 5. The van der Waals surface area contributed by atoms with Crippen molar-refractivity contribution in [3.8, 4) is 0 Å². The summed E-state index contributed by atoms with van der Waals surface area (Å²) in [6, 6.07) is 6.49. The van der Waals surface area contributed by atoms with Crippen LogP contribution in [0.1, 0.15) is 36.5 Å². The highest BCUT2D eigenvalue weighted by atomic mass is 32.2. The Labute approximate surface area is 142 Å². The van der Waals surface area contributed by atoms with Gasteiger partial charge in [0.05, 0.1) is 26.7 Å². The lowest BCUT2D eigenvalue weighted by molar-refractivity contribution is -0.384. The smallest absolute Gasteiger partial charge is 0.269 e. The molecule has 126 valence electrons. The molecule has 0 radical (unpaired) electrons. The molecular weight excluding hydrogens is 326 g/mol. The van der Waals surface area contributed by atoms with Crippen molar-refractivity contribution >= 4 is 16.5 Å². The number of nitro groups is 1. The number of hydrazine groups is 1. The molecule has 2 aliphatic heterocycles. The Bertz CT molecular complexity index is 798. The van der Waals surface area contributed by atoms with Crippen molar-refractivity contribution < 1.29 is 9.13 Å². The first kappa shape index (κ1) is 15.5. The Morgan fingerprint density at radius 2 is 2.00 bits per heavy atom. The fourth-order valence-electron chi connectivity index (χ4n) is 3.76. The number of nitrogens with zero attached hydrogens (tertiary/aromatic N) is 2. The molecule has 2 atom stereocenters. The number of nitrogens with one attached hydrogen (secondary N) is 1. The molecule has 0 spiro atoms. The largest absolute Gasteiger partial charge is 0.319 e. The quantitative estimate of drug-likeness (QED) is 0.659. The van der Waals surface area contributed by atoms with Crippen molar-refractivity contribution in [1.82, 2.24) is 10.4 Å². The van der Waals surface area contributed by atoms with E-state index in [1.807, 2.05) is 7.05 Å². The second-order valence-electron chi connectivity index (χ2n) is 6.50. The van der Waals surface area contributed by atoms with E-state index in [1.165, 1.54) is 29.0 Å². The highest BCUT2D eigenvalue weighted by Gasteiger charge is 2.38. The topological polar surface area (TPSA) is 75.5 Å². The molecule has 0 bridgehead atoms. The zero-order valence-corrected chi connectivity index (χ0v) is 14.3. The third kappa shape index (κ3) is 2.48. The van der Waals surface area contributed by atoms with Crippen molar-refractivity contribution in [3.05, 3.63) is 61.7 Å². The molecule has 1 aliphatic carbocycles. The van der Waals surface area contributed by atoms with Gasteiger partial charge in [-0.3, -0.25) is 14.3 Å². The van der Waals surface area contributed by atoms with Crippen LogP contribution in [0, 0.1) is 10.1 Å². The zero-order valence-electron chi connectivity index (χ0n) is 13.4. The SMILES string of the molecule is CN1CCC2=C(N1)C1=C(CC2)S(=O)C(c2ccc([N+](=O)[O-])cc2)C1. The summed E-state index contributed by atoms with van der Waals surface area (Å²) in [6.07, 6.45) is 3.65. The van der Waals surface area contributed by atoms with E-state index in [0.717, 1.165) is 42.7 Å². The predicted molar refractivity (Wildman–Crippen MR) is 92.3 cm³/mol. The van der Waals surface area contributed by atoms with Gasteiger partial charge in [-0.25, -0.2) is 5.01 Å². The first-order chi connectivity index (χ1) is 11.5. The highest BCUT2D eigenvalue weighted by molar-refractivity contribution is 7.89. The van der Waals surface area contributed by atoms with Crippen molar-refractivity contribution in [2.75, 3.05) is 13.6 Å². The van der Waals surface area contributed by atoms with Crippen LogP contribution in [0.3, 0.4) is 0 Å². The van der Waals surface area contributed by atoms with Gasteiger partial charge in [0, 0.05) is 30.6 Å². The number of fused-ring (bicyclic) bond motifs is 1. The zero-order chi connectivity index (χ0) is 16.8. The van der Waals surface area contributed by atoms with Crippen molar-refractivity contribution in [3.63, 3.8) is 0 Å². The van der Waals surface area contributed by atoms with E-state index < -0.39 is 15.7 Å². The molecule has 0 fully saturated rings. The maximum Gasteiger partial charge on any atom is 0.269 e. The van der Waals surface area contributed by atoms with Gasteiger partial charge < -0.3 is 5.43 Å². The Kier molecular flexibility index (Phi) is 3.77. The van der Waals surface area contributed by atoms with Crippen molar-refractivity contribution in [1.29, 1.82) is 0 Å². The third-order valence-corrected chi connectivity index (χ3v) is 6.96. The number of hydrogen-bond donors (Lipinski definition) is 1. The minimum atomic E-state index is -1.05. The molecule has 7 heteroatoms. The van der Waals surface area contributed by atoms with E-state index in [-0.39, 0.29) is 10.9 Å². The molecule has 2 heterocycles. The summed E-state index contributed by atoms with van der Waals surface area (Å²) in [5.41, 5.74) is 8.23. The van der Waals surface area contributed by atoms with E-state index in [4.69, 9.17) is 0 Å². The first-order valence-corrected chi connectivity index (χ1v) is 9.33. The molecule has 0 aromatic heterocycles. The molecule has 0 amide bonds. The molecule has 1 aromatic rings. The number of rotatable bonds is 2. The summed E-state index contributed by atoms with van der Waals surface area (Å²) in [4.78, 5) is 11.5. The van der Waals surface area contributed by atoms with Gasteiger partial charge in [-0.1, -0.05) is 12.1 Å². The lowest BCUT2D eigenvalue weighted by Gasteiger charge is -2.33. The first-order valence-electron chi connectivity index (χ1n) is 8.11. The number of nitro benzene ring substituents is 1. The van der Waals surface area contributed by atoms with Crippen LogP contribution in [0.25, 0.3) is 0 Å². The molecule has 2 unspecified atom stereocenters. The van der Waals surface area contributed by atoms with E-state index >= 15 is 0 Å². The van der Waals surface area contributed by atoms with Gasteiger partial charge in [-0.2, -0.15) is 0 Å². The van der Waals surface area contributed by atoms with E-state index in [1.54, 1.807) is 12.1 Å². The van der Waals surface area contributed by atoms with Gasteiger partial charge >= 0.3 is 0 Å². The normalized spacial score (nSPS) is 26.9. The van der Waals surface area contributed by atoms with Gasteiger partial charge in [0.2, 0.25) is 0 Å².